The second-order valence-corrected chi connectivity index (χ2v) is 5.61. The molecule has 0 fully saturated rings. The minimum atomic E-state index is -0.497. The molecule has 8 heteroatoms. The fourth-order valence-electron chi connectivity index (χ4n) is 2.23. The largest absolute Gasteiger partial charge is 0.368 e. The molecular weight excluding hydrogens is 338 g/mol. The molecule has 1 aliphatic heterocycles. The number of anilines is 2. The van der Waals surface area contributed by atoms with Crippen LogP contribution >= 0.6 is 15.9 Å². The van der Waals surface area contributed by atoms with E-state index in [0.29, 0.717) is 5.69 Å². The zero-order valence-corrected chi connectivity index (χ0v) is 12.4. The third kappa shape index (κ3) is 2.75. The smallest absolute Gasteiger partial charge is 0.251 e. The van der Waals surface area contributed by atoms with Crippen molar-refractivity contribution >= 4 is 39.1 Å². The standard InChI is InChI=1S/C13H12BrN5O2/c14-7-1-2-10-9(3-7)12(13(21)18-10)17-8-4-16-19(5-8)6-11(15)20/h1-5,12,17H,6H2,(H2,15,20)(H,18,21). The quantitative estimate of drug-likeness (QED) is 0.772. The molecule has 3 rings (SSSR count). The molecular formula is C13H12BrN5O2. The van der Waals surface area contributed by atoms with Gasteiger partial charge in [0.2, 0.25) is 5.91 Å². The van der Waals surface area contributed by atoms with E-state index in [1.165, 1.54) is 4.68 Å². The van der Waals surface area contributed by atoms with Crippen molar-refractivity contribution in [2.45, 2.75) is 12.6 Å². The number of hydrogen-bond acceptors (Lipinski definition) is 4. The number of fused-ring (bicyclic) bond motifs is 1. The number of primary amides is 1. The maximum absolute atomic E-state index is 12.0. The monoisotopic (exact) mass is 349 g/mol. The first kappa shape index (κ1) is 13.6. The van der Waals surface area contributed by atoms with E-state index in [4.69, 9.17) is 5.73 Å². The van der Waals surface area contributed by atoms with Gasteiger partial charge in [-0.1, -0.05) is 15.9 Å². The predicted molar refractivity (Wildman–Crippen MR) is 80.6 cm³/mol. The number of benzene rings is 1. The molecule has 1 aromatic heterocycles. The second kappa shape index (κ2) is 5.21. The van der Waals surface area contributed by atoms with Crippen molar-refractivity contribution in [3.8, 4) is 0 Å². The molecule has 0 aliphatic carbocycles. The Labute approximate surface area is 128 Å². The zero-order chi connectivity index (χ0) is 15.0. The number of aromatic nitrogens is 2. The Balaban J connectivity index is 1.82. The van der Waals surface area contributed by atoms with Crippen LogP contribution in [0.15, 0.2) is 35.1 Å². The van der Waals surface area contributed by atoms with E-state index in [9.17, 15) is 9.59 Å². The summed E-state index contributed by atoms with van der Waals surface area (Å²) in [7, 11) is 0. The van der Waals surface area contributed by atoms with Crippen LogP contribution < -0.4 is 16.4 Å². The van der Waals surface area contributed by atoms with Gasteiger partial charge in [-0.15, -0.1) is 0 Å². The highest BCUT2D eigenvalue weighted by Crippen LogP contribution is 2.34. The molecule has 0 saturated heterocycles. The summed E-state index contributed by atoms with van der Waals surface area (Å²) in [4.78, 5) is 22.9. The normalized spacial score (nSPS) is 16.4. The number of carbonyl (C=O) groups excluding carboxylic acids is 2. The summed E-state index contributed by atoms with van der Waals surface area (Å²) in [5, 5.41) is 9.92. The topological polar surface area (TPSA) is 102 Å². The summed E-state index contributed by atoms with van der Waals surface area (Å²) >= 11 is 3.39. The van der Waals surface area contributed by atoms with Gasteiger partial charge in [0.05, 0.1) is 11.9 Å². The number of nitrogens with two attached hydrogens (primary N) is 1. The van der Waals surface area contributed by atoms with Crippen LogP contribution in [0.25, 0.3) is 0 Å². The summed E-state index contributed by atoms with van der Waals surface area (Å²) < 4.78 is 2.31. The van der Waals surface area contributed by atoms with E-state index in [1.807, 2.05) is 18.2 Å². The summed E-state index contributed by atoms with van der Waals surface area (Å²) in [6.45, 7) is 0.000673. The summed E-state index contributed by atoms with van der Waals surface area (Å²) in [5.41, 5.74) is 7.39. The third-order valence-electron chi connectivity index (χ3n) is 3.11. The average Bonchev–Trinajstić information content (AvgIpc) is 2.96. The molecule has 21 heavy (non-hydrogen) atoms. The lowest BCUT2D eigenvalue weighted by atomic mass is 10.1. The maximum Gasteiger partial charge on any atom is 0.251 e. The van der Waals surface area contributed by atoms with Crippen LogP contribution in [0.2, 0.25) is 0 Å². The minimum absolute atomic E-state index is 0.000673. The number of nitrogens with one attached hydrogen (secondary N) is 2. The highest BCUT2D eigenvalue weighted by Gasteiger charge is 2.30. The van der Waals surface area contributed by atoms with E-state index < -0.39 is 11.9 Å². The summed E-state index contributed by atoms with van der Waals surface area (Å²) in [6.07, 6.45) is 3.18. The Bertz CT molecular complexity index is 727. The van der Waals surface area contributed by atoms with Crippen molar-refractivity contribution in [2.24, 2.45) is 5.73 Å². The van der Waals surface area contributed by atoms with Gasteiger partial charge in [0.1, 0.15) is 12.6 Å². The van der Waals surface area contributed by atoms with Gasteiger partial charge in [0, 0.05) is 21.9 Å². The molecule has 7 nitrogen and oxygen atoms in total. The van der Waals surface area contributed by atoms with Crippen LogP contribution in [0.3, 0.4) is 0 Å². The number of amides is 2. The fraction of sp³-hybridized carbons (Fsp3) is 0.154. The molecule has 2 amide bonds. The molecule has 1 aliphatic rings. The Morgan fingerprint density at radius 1 is 1.52 bits per heavy atom. The minimum Gasteiger partial charge on any atom is -0.368 e. The molecule has 4 N–H and O–H groups in total. The van der Waals surface area contributed by atoms with Crippen LogP contribution in [0, 0.1) is 0 Å². The Hall–Kier alpha value is -2.35. The van der Waals surface area contributed by atoms with Gasteiger partial charge in [0.25, 0.3) is 5.91 Å². The van der Waals surface area contributed by atoms with Gasteiger partial charge in [-0.05, 0) is 18.2 Å². The van der Waals surface area contributed by atoms with Crippen LogP contribution in [0.4, 0.5) is 11.4 Å². The van der Waals surface area contributed by atoms with Crippen molar-refractivity contribution in [3.05, 3.63) is 40.6 Å². The van der Waals surface area contributed by atoms with E-state index >= 15 is 0 Å². The van der Waals surface area contributed by atoms with Crippen molar-refractivity contribution < 1.29 is 9.59 Å². The van der Waals surface area contributed by atoms with Crippen molar-refractivity contribution in [1.82, 2.24) is 9.78 Å². The molecule has 1 atom stereocenters. The number of hydrogen-bond donors (Lipinski definition) is 3. The Kier molecular flexibility index (Phi) is 3.38. The molecule has 2 aromatic rings. The first-order chi connectivity index (χ1) is 10.0. The number of rotatable bonds is 4. The second-order valence-electron chi connectivity index (χ2n) is 4.69. The lowest BCUT2D eigenvalue weighted by Gasteiger charge is -2.11. The molecule has 0 spiro atoms. The number of carbonyl (C=O) groups is 2. The van der Waals surface area contributed by atoms with Gasteiger partial charge < -0.3 is 16.4 Å². The molecule has 0 radical (unpaired) electrons. The molecule has 0 saturated carbocycles. The third-order valence-corrected chi connectivity index (χ3v) is 3.60. The first-order valence-electron chi connectivity index (χ1n) is 6.20. The van der Waals surface area contributed by atoms with Gasteiger partial charge in [-0.2, -0.15) is 5.10 Å². The Morgan fingerprint density at radius 2 is 2.33 bits per heavy atom. The predicted octanol–water partition coefficient (Wildman–Crippen LogP) is 1.24. The molecule has 2 heterocycles. The number of halogens is 1. The van der Waals surface area contributed by atoms with Crippen molar-refractivity contribution in [1.29, 1.82) is 0 Å². The SMILES string of the molecule is NC(=O)Cn1cc(NC2C(=O)Nc3ccc(Br)cc32)cn1. The zero-order valence-electron chi connectivity index (χ0n) is 10.8. The molecule has 1 aromatic carbocycles. The fourth-order valence-corrected chi connectivity index (χ4v) is 2.61. The summed E-state index contributed by atoms with van der Waals surface area (Å²) in [6, 6.07) is 5.10. The van der Waals surface area contributed by atoms with Crippen LogP contribution in [0.5, 0.6) is 0 Å². The highest BCUT2D eigenvalue weighted by molar-refractivity contribution is 9.10. The Morgan fingerprint density at radius 3 is 3.10 bits per heavy atom. The first-order valence-corrected chi connectivity index (χ1v) is 7.00. The van der Waals surface area contributed by atoms with Crippen molar-refractivity contribution in [3.63, 3.8) is 0 Å². The van der Waals surface area contributed by atoms with Gasteiger partial charge in [-0.25, -0.2) is 0 Å². The molecule has 1 unspecified atom stereocenters. The van der Waals surface area contributed by atoms with Gasteiger partial charge in [0.15, 0.2) is 0 Å². The average molecular weight is 350 g/mol. The van der Waals surface area contributed by atoms with E-state index in [2.05, 4.69) is 31.7 Å². The lowest BCUT2D eigenvalue weighted by molar-refractivity contribution is -0.119. The maximum atomic E-state index is 12.0. The van der Waals surface area contributed by atoms with Crippen LogP contribution in [-0.4, -0.2) is 21.6 Å². The lowest BCUT2D eigenvalue weighted by Crippen LogP contribution is -2.20. The van der Waals surface area contributed by atoms with Crippen LogP contribution in [-0.2, 0) is 16.1 Å². The van der Waals surface area contributed by atoms with Crippen LogP contribution in [0.1, 0.15) is 11.6 Å². The van der Waals surface area contributed by atoms with Gasteiger partial charge >= 0.3 is 0 Å². The molecule has 108 valence electrons. The van der Waals surface area contributed by atoms with Crippen molar-refractivity contribution in [2.75, 3.05) is 10.6 Å². The van der Waals surface area contributed by atoms with E-state index in [1.54, 1.807) is 12.4 Å². The summed E-state index contributed by atoms with van der Waals surface area (Å²) in [5.74, 6) is -0.608. The van der Waals surface area contributed by atoms with E-state index in [0.717, 1.165) is 15.7 Å². The van der Waals surface area contributed by atoms with Gasteiger partial charge in [-0.3, -0.25) is 14.3 Å². The number of nitrogens with zero attached hydrogens (tertiary/aromatic N) is 2. The highest BCUT2D eigenvalue weighted by atomic mass is 79.9. The van der Waals surface area contributed by atoms with E-state index in [-0.39, 0.29) is 12.5 Å². The molecule has 0 bridgehead atoms.